The number of nitrogens with one attached hydrogen (secondary N) is 1. The number of anilines is 2. The number of carbonyl (C=O) groups excluding carboxylic acids is 1. The van der Waals surface area contributed by atoms with Crippen LogP contribution in [0.2, 0.25) is 0 Å². The lowest BCUT2D eigenvalue weighted by Gasteiger charge is -2.12. The van der Waals surface area contributed by atoms with Crippen LogP contribution in [0.5, 0.6) is 11.5 Å². The number of methoxy groups -OCH3 is 2. The summed E-state index contributed by atoms with van der Waals surface area (Å²) in [7, 11) is 3.14. The van der Waals surface area contributed by atoms with E-state index in [-0.39, 0.29) is 11.6 Å². The first-order valence-electron chi connectivity index (χ1n) is 9.79. The lowest BCUT2D eigenvalue weighted by atomic mass is 10.1. The number of hydrogen-bond acceptors (Lipinski definition) is 6. The van der Waals surface area contributed by atoms with Gasteiger partial charge in [0.15, 0.2) is 17.3 Å². The summed E-state index contributed by atoms with van der Waals surface area (Å²) in [5, 5.41) is 4.02. The molecular formula is C25H20FN3O3. The van der Waals surface area contributed by atoms with E-state index in [0.29, 0.717) is 28.4 Å². The van der Waals surface area contributed by atoms with E-state index < -0.39 is 0 Å². The van der Waals surface area contributed by atoms with E-state index in [1.165, 1.54) is 24.5 Å². The van der Waals surface area contributed by atoms with Crippen LogP contribution in [0.3, 0.4) is 0 Å². The summed E-state index contributed by atoms with van der Waals surface area (Å²) >= 11 is 0. The Morgan fingerprint density at radius 1 is 0.938 bits per heavy atom. The smallest absolute Gasteiger partial charge is 0.185 e. The molecule has 0 radical (unpaired) electrons. The van der Waals surface area contributed by atoms with Crippen LogP contribution in [-0.4, -0.2) is 30.0 Å². The van der Waals surface area contributed by atoms with Crippen molar-refractivity contribution in [3.63, 3.8) is 0 Å². The molecule has 6 nitrogen and oxygen atoms in total. The molecule has 0 saturated carbocycles. The molecule has 0 bridgehead atoms. The average molecular weight is 429 g/mol. The Morgan fingerprint density at radius 2 is 1.62 bits per heavy atom. The maximum absolute atomic E-state index is 13.0. The summed E-state index contributed by atoms with van der Waals surface area (Å²) in [4.78, 5) is 21.1. The van der Waals surface area contributed by atoms with Crippen molar-refractivity contribution >= 4 is 34.3 Å². The van der Waals surface area contributed by atoms with Gasteiger partial charge in [0.1, 0.15) is 18.0 Å². The van der Waals surface area contributed by atoms with Gasteiger partial charge in [-0.3, -0.25) is 4.79 Å². The lowest BCUT2D eigenvalue weighted by molar-refractivity contribution is 0.104. The number of allylic oxidation sites excluding steroid dienone is 1. The number of fused-ring (bicyclic) bond motifs is 1. The van der Waals surface area contributed by atoms with E-state index in [4.69, 9.17) is 9.47 Å². The van der Waals surface area contributed by atoms with Crippen molar-refractivity contribution in [2.24, 2.45) is 0 Å². The van der Waals surface area contributed by atoms with Gasteiger partial charge < -0.3 is 14.8 Å². The largest absolute Gasteiger partial charge is 0.493 e. The summed E-state index contributed by atoms with van der Waals surface area (Å²) in [5.41, 5.74) is 2.75. The predicted molar refractivity (Wildman–Crippen MR) is 122 cm³/mol. The predicted octanol–water partition coefficient (Wildman–Crippen LogP) is 5.43. The number of nitrogens with zero attached hydrogens (tertiary/aromatic N) is 2. The first-order valence-corrected chi connectivity index (χ1v) is 9.79. The van der Waals surface area contributed by atoms with Crippen LogP contribution in [0, 0.1) is 5.82 Å². The third-order valence-corrected chi connectivity index (χ3v) is 4.87. The highest BCUT2D eigenvalue weighted by Crippen LogP contribution is 2.34. The molecule has 0 aliphatic heterocycles. The van der Waals surface area contributed by atoms with Gasteiger partial charge in [0, 0.05) is 22.7 Å². The van der Waals surface area contributed by atoms with Crippen LogP contribution >= 0.6 is 0 Å². The van der Waals surface area contributed by atoms with Crippen molar-refractivity contribution in [2.45, 2.75) is 0 Å². The van der Waals surface area contributed by atoms with Gasteiger partial charge in [-0.05, 0) is 54.1 Å². The van der Waals surface area contributed by atoms with Crippen LogP contribution in [0.1, 0.15) is 15.9 Å². The van der Waals surface area contributed by atoms with E-state index >= 15 is 0 Å². The summed E-state index contributed by atoms with van der Waals surface area (Å²) < 4.78 is 23.7. The van der Waals surface area contributed by atoms with Gasteiger partial charge >= 0.3 is 0 Å². The summed E-state index contributed by atoms with van der Waals surface area (Å²) in [5.74, 6) is 1.30. The first-order chi connectivity index (χ1) is 15.6. The molecule has 3 aromatic carbocycles. The molecule has 7 heteroatoms. The van der Waals surface area contributed by atoms with Gasteiger partial charge in [-0.2, -0.15) is 0 Å². The van der Waals surface area contributed by atoms with E-state index in [2.05, 4.69) is 15.3 Å². The molecule has 0 unspecified atom stereocenters. The van der Waals surface area contributed by atoms with E-state index in [1.807, 2.05) is 6.07 Å². The summed E-state index contributed by atoms with van der Waals surface area (Å²) in [6.07, 6.45) is 4.59. The monoisotopic (exact) mass is 429 g/mol. The van der Waals surface area contributed by atoms with Gasteiger partial charge in [-0.25, -0.2) is 14.4 Å². The highest BCUT2D eigenvalue weighted by molar-refractivity contribution is 6.07. The van der Waals surface area contributed by atoms with Gasteiger partial charge in [0.25, 0.3) is 0 Å². The van der Waals surface area contributed by atoms with Crippen molar-refractivity contribution in [1.82, 2.24) is 9.97 Å². The molecule has 0 amide bonds. The number of aromatic nitrogens is 2. The van der Waals surface area contributed by atoms with Crippen LogP contribution in [0.4, 0.5) is 15.9 Å². The SMILES string of the molecule is COc1cc2ncnc(Nc3ccc(C(=O)/C=C/c4ccc(F)cc4)cc3)c2cc1OC. The number of ketones is 1. The van der Waals surface area contributed by atoms with E-state index in [0.717, 1.165) is 16.6 Å². The number of carbonyl (C=O) groups is 1. The first kappa shape index (κ1) is 21.0. The molecule has 160 valence electrons. The van der Waals surface area contributed by atoms with Gasteiger partial charge in [0.05, 0.1) is 19.7 Å². The Hall–Kier alpha value is -4.26. The maximum atomic E-state index is 13.0. The fourth-order valence-corrected chi connectivity index (χ4v) is 3.18. The van der Waals surface area contributed by atoms with Crippen molar-refractivity contribution in [2.75, 3.05) is 19.5 Å². The lowest BCUT2D eigenvalue weighted by Crippen LogP contribution is -1.99. The molecule has 1 aromatic heterocycles. The number of benzene rings is 3. The third kappa shape index (κ3) is 4.57. The van der Waals surface area contributed by atoms with Gasteiger partial charge in [0.2, 0.25) is 0 Å². The molecule has 0 aliphatic carbocycles. The second-order valence-corrected chi connectivity index (χ2v) is 6.90. The minimum atomic E-state index is -0.314. The number of rotatable bonds is 7. The molecule has 4 rings (SSSR count). The number of hydrogen-bond donors (Lipinski definition) is 1. The highest BCUT2D eigenvalue weighted by Gasteiger charge is 2.11. The molecule has 0 saturated heterocycles. The van der Waals surface area contributed by atoms with Crippen molar-refractivity contribution in [1.29, 1.82) is 0 Å². The van der Waals surface area contributed by atoms with E-state index in [1.54, 1.807) is 62.8 Å². The Kier molecular flexibility index (Phi) is 6.07. The second kappa shape index (κ2) is 9.26. The van der Waals surface area contributed by atoms with Crippen LogP contribution in [0.25, 0.3) is 17.0 Å². The van der Waals surface area contributed by atoms with Crippen LogP contribution in [-0.2, 0) is 0 Å². The third-order valence-electron chi connectivity index (χ3n) is 4.87. The van der Waals surface area contributed by atoms with Crippen molar-refractivity contribution in [3.05, 3.63) is 90.0 Å². The standard InChI is InChI=1S/C25H20FN3O3/c1-31-23-13-20-21(14-24(23)32-2)27-15-28-25(20)29-19-10-6-17(7-11-19)22(30)12-5-16-3-8-18(26)9-4-16/h3-15H,1-2H3,(H,27,28,29)/b12-5+. The highest BCUT2D eigenvalue weighted by atomic mass is 19.1. The van der Waals surface area contributed by atoms with Gasteiger partial charge in [-0.1, -0.05) is 18.2 Å². The quantitative estimate of drug-likeness (QED) is 0.312. The second-order valence-electron chi connectivity index (χ2n) is 6.90. The molecule has 4 aromatic rings. The van der Waals surface area contributed by atoms with Crippen molar-refractivity contribution in [3.8, 4) is 11.5 Å². The zero-order chi connectivity index (χ0) is 22.5. The molecule has 0 spiro atoms. The minimum Gasteiger partial charge on any atom is -0.493 e. The normalized spacial score (nSPS) is 11.0. The summed E-state index contributed by atoms with van der Waals surface area (Å²) in [6, 6.07) is 16.6. The summed E-state index contributed by atoms with van der Waals surface area (Å²) in [6.45, 7) is 0. The molecule has 1 heterocycles. The maximum Gasteiger partial charge on any atom is 0.185 e. The molecule has 32 heavy (non-hydrogen) atoms. The minimum absolute atomic E-state index is 0.148. The van der Waals surface area contributed by atoms with Crippen molar-refractivity contribution < 1.29 is 18.7 Å². The Bertz CT molecular complexity index is 1290. The van der Waals surface area contributed by atoms with Gasteiger partial charge in [-0.15, -0.1) is 0 Å². The zero-order valence-corrected chi connectivity index (χ0v) is 17.5. The van der Waals surface area contributed by atoms with Crippen LogP contribution < -0.4 is 14.8 Å². The molecule has 0 atom stereocenters. The molecular weight excluding hydrogens is 409 g/mol. The molecule has 0 fully saturated rings. The fraction of sp³-hybridized carbons (Fsp3) is 0.0800. The molecule has 0 aliphatic rings. The Balaban J connectivity index is 1.53. The fourth-order valence-electron chi connectivity index (χ4n) is 3.18. The zero-order valence-electron chi connectivity index (χ0n) is 17.5. The Morgan fingerprint density at radius 3 is 2.31 bits per heavy atom. The molecule has 1 N–H and O–H groups in total. The van der Waals surface area contributed by atoms with Crippen LogP contribution in [0.15, 0.2) is 73.1 Å². The number of ether oxygens (including phenoxy) is 2. The Labute approximate surface area is 184 Å². The average Bonchev–Trinajstić information content (AvgIpc) is 2.83. The number of halogens is 1. The van der Waals surface area contributed by atoms with E-state index in [9.17, 15) is 9.18 Å². The topological polar surface area (TPSA) is 73.3 Å².